The summed E-state index contributed by atoms with van der Waals surface area (Å²) in [5, 5.41) is 7.46. The van der Waals surface area contributed by atoms with Crippen LogP contribution in [0.2, 0.25) is 0 Å². The van der Waals surface area contributed by atoms with Crippen LogP contribution < -0.4 is 10.2 Å². The van der Waals surface area contributed by atoms with Crippen LogP contribution in [0.1, 0.15) is 31.6 Å². The minimum Gasteiger partial charge on any atom is -0.338 e. The molecule has 1 aromatic rings. The normalized spacial score (nSPS) is 22.2. The van der Waals surface area contributed by atoms with Gasteiger partial charge in [0.05, 0.1) is 0 Å². The van der Waals surface area contributed by atoms with Crippen LogP contribution in [0.4, 0.5) is 5.95 Å². The maximum Gasteiger partial charge on any atom is 0.266 e. The van der Waals surface area contributed by atoms with Crippen molar-refractivity contribution < 1.29 is 4.52 Å². The molecule has 1 aromatic heterocycles. The van der Waals surface area contributed by atoms with Crippen molar-refractivity contribution in [2.75, 3.05) is 31.1 Å². The van der Waals surface area contributed by atoms with E-state index in [2.05, 4.69) is 20.4 Å². The number of hydrogen-bond donors (Lipinski definition) is 1. The van der Waals surface area contributed by atoms with Crippen molar-refractivity contribution in [2.24, 2.45) is 5.92 Å². The number of piperidine rings is 1. The summed E-state index contributed by atoms with van der Waals surface area (Å²) in [6.45, 7) is 4.40. The highest BCUT2D eigenvalue weighted by atomic mass is 16.5. The molecule has 0 saturated carbocycles. The molecule has 5 nitrogen and oxygen atoms in total. The summed E-state index contributed by atoms with van der Waals surface area (Å²) in [6, 6.07) is 0. The summed E-state index contributed by atoms with van der Waals surface area (Å²) in [6.07, 6.45) is 5.89. The molecule has 2 aliphatic rings. The topological polar surface area (TPSA) is 54.2 Å². The largest absolute Gasteiger partial charge is 0.338 e. The number of anilines is 1. The molecule has 3 rings (SSSR count). The smallest absolute Gasteiger partial charge is 0.266 e. The Hall–Kier alpha value is -1.10. The SMILES string of the molecule is C1CCN(c2noc(CC3CCNCC3)n2)C1. The first-order valence-electron chi connectivity index (χ1n) is 6.70. The molecular weight excluding hydrogens is 216 g/mol. The molecule has 0 radical (unpaired) electrons. The maximum atomic E-state index is 5.36. The first kappa shape index (κ1) is 11.0. The Balaban J connectivity index is 1.59. The Morgan fingerprint density at radius 3 is 2.76 bits per heavy atom. The molecule has 17 heavy (non-hydrogen) atoms. The molecule has 0 aliphatic carbocycles. The highest BCUT2D eigenvalue weighted by Crippen LogP contribution is 2.20. The summed E-state index contributed by atoms with van der Waals surface area (Å²) in [5.41, 5.74) is 0. The van der Waals surface area contributed by atoms with Gasteiger partial charge in [-0.25, -0.2) is 0 Å². The van der Waals surface area contributed by atoms with Crippen molar-refractivity contribution in [3.05, 3.63) is 5.89 Å². The third kappa shape index (κ3) is 2.60. The third-order valence-corrected chi connectivity index (χ3v) is 3.77. The highest BCUT2D eigenvalue weighted by Gasteiger charge is 2.20. The van der Waals surface area contributed by atoms with Gasteiger partial charge in [0, 0.05) is 19.5 Å². The first-order valence-corrected chi connectivity index (χ1v) is 6.70. The van der Waals surface area contributed by atoms with E-state index >= 15 is 0 Å². The number of hydrogen-bond acceptors (Lipinski definition) is 5. The number of nitrogens with zero attached hydrogens (tertiary/aromatic N) is 3. The molecule has 1 N–H and O–H groups in total. The van der Waals surface area contributed by atoms with Crippen LogP contribution in [0.15, 0.2) is 4.52 Å². The van der Waals surface area contributed by atoms with Gasteiger partial charge in [-0.3, -0.25) is 0 Å². The van der Waals surface area contributed by atoms with E-state index < -0.39 is 0 Å². The fourth-order valence-electron chi connectivity index (χ4n) is 2.71. The summed E-state index contributed by atoms with van der Waals surface area (Å²) in [7, 11) is 0. The maximum absolute atomic E-state index is 5.36. The van der Waals surface area contributed by atoms with Gasteiger partial charge in [-0.15, -0.1) is 0 Å². The summed E-state index contributed by atoms with van der Waals surface area (Å²) < 4.78 is 5.36. The Morgan fingerprint density at radius 2 is 2.00 bits per heavy atom. The minimum atomic E-state index is 0.711. The lowest BCUT2D eigenvalue weighted by Crippen LogP contribution is -2.28. The van der Waals surface area contributed by atoms with E-state index in [1.54, 1.807) is 0 Å². The predicted octanol–water partition coefficient (Wildman–Crippen LogP) is 1.21. The molecule has 0 bridgehead atoms. The molecule has 0 aromatic carbocycles. The Kier molecular flexibility index (Phi) is 3.27. The van der Waals surface area contributed by atoms with Gasteiger partial charge in [-0.2, -0.15) is 4.98 Å². The van der Waals surface area contributed by atoms with E-state index in [4.69, 9.17) is 4.52 Å². The Labute approximate surface area is 102 Å². The zero-order chi connectivity index (χ0) is 11.5. The zero-order valence-electron chi connectivity index (χ0n) is 10.2. The molecule has 0 unspecified atom stereocenters. The second-order valence-electron chi connectivity index (χ2n) is 5.08. The number of rotatable bonds is 3. The van der Waals surface area contributed by atoms with Gasteiger partial charge < -0.3 is 14.7 Å². The van der Waals surface area contributed by atoms with Crippen LogP contribution in [0.3, 0.4) is 0 Å². The lowest BCUT2D eigenvalue weighted by atomic mass is 9.95. The lowest BCUT2D eigenvalue weighted by molar-refractivity contribution is 0.313. The van der Waals surface area contributed by atoms with Crippen molar-refractivity contribution in [2.45, 2.75) is 32.1 Å². The van der Waals surface area contributed by atoms with Crippen LogP contribution in [0.25, 0.3) is 0 Å². The van der Waals surface area contributed by atoms with Crippen LogP contribution >= 0.6 is 0 Å². The third-order valence-electron chi connectivity index (χ3n) is 3.77. The Morgan fingerprint density at radius 1 is 1.24 bits per heavy atom. The van der Waals surface area contributed by atoms with Crippen molar-refractivity contribution in [1.29, 1.82) is 0 Å². The van der Waals surface area contributed by atoms with Crippen molar-refractivity contribution in [3.8, 4) is 0 Å². The average Bonchev–Trinajstić information content (AvgIpc) is 3.00. The van der Waals surface area contributed by atoms with Gasteiger partial charge in [0.25, 0.3) is 5.95 Å². The molecule has 2 aliphatic heterocycles. The van der Waals surface area contributed by atoms with E-state index in [1.165, 1.54) is 25.7 Å². The van der Waals surface area contributed by atoms with Gasteiger partial charge in [-0.1, -0.05) is 0 Å². The van der Waals surface area contributed by atoms with Gasteiger partial charge in [0.2, 0.25) is 5.89 Å². The van der Waals surface area contributed by atoms with Crippen LogP contribution in [-0.2, 0) is 6.42 Å². The molecular formula is C12H20N4O. The second-order valence-corrected chi connectivity index (χ2v) is 5.08. The van der Waals surface area contributed by atoms with Gasteiger partial charge in [0.15, 0.2) is 0 Å². The fraction of sp³-hybridized carbons (Fsp3) is 0.833. The first-order chi connectivity index (χ1) is 8.42. The molecule has 94 valence electrons. The second kappa shape index (κ2) is 5.04. The molecule has 2 saturated heterocycles. The van der Waals surface area contributed by atoms with Gasteiger partial charge >= 0.3 is 0 Å². The van der Waals surface area contributed by atoms with Crippen LogP contribution in [-0.4, -0.2) is 36.3 Å². The zero-order valence-corrected chi connectivity index (χ0v) is 10.2. The van der Waals surface area contributed by atoms with Crippen LogP contribution in [0.5, 0.6) is 0 Å². The van der Waals surface area contributed by atoms with Gasteiger partial charge in [0.1, 0.15) is 0 Å². The van der Waals surface area contributed by atoms with Crippen LogP contribution in [0, 0.1) is 5.92 Å². The minimum absolute atomic E-state index is 0.711. The predicted molar refractivity (Wildman–Crippen MR) is 65.0 cm³/mol. The van der Waals surface area contributed by atoms with Crippen molar-refractivity contribution in [3.63, 3.8) is 0 Å². The van der Waals surface area contributed by atoms with E-state index in [1.807, 2.05) is 0 Å². The Bertz CT molecular complexity index is 353. The van der Waals surface area contributed by atoms with Crippen molar-refractivity contribution >= 4 is 5.95 Å². The van der Waals surface area contributed by atoms with E-state index in [0.717, 1.165) is 44.4 Å². The molecule has 3 heterocycles. The molecule has 0 atom stereocenters. The molecule has 0 amide bonds. The standard InChI is InChI=1S/C12H20N4O/c1-2-8-16(7-1)12-14-11(17-15-12)9-10-3-5-13-6-4-10/h10,13H,1-9H2. The molecule has 0 spiro atoms. The number of nitrogens with one attached hydrogen (secondary N) is 1. The van der Waals surface area contributed by atoms with Crippen molar-refractivity contribution in [1.82, 2.24) is 15.5 Å². The summed E-state index contributed by atoms with van der Waals surface area (Å²) >= 11 is 0. The van der Waals surface area contributed by atoms with Gasteiger partial charge in [-0.05, 0) is 49.8 Å². The summed E-state index contributed by atoms with van der Waals surface area (Å²) in [4.78, 5) is 6.73. The summed E-state index contributed by atoms with van der Waals surface area (Å²) in [5.74, 6) is 2.33. The molecule has 5 heteroatoms. The average molecular weight is 236 g/mol. The lowest BCUT2D eigenvalue weighted by Gasteiger charge is -2.20. The highest BCUT2D eigenvalue weighted by molar-refractivity contribution is 5.28. The van der Waals surface area contributed by atoms with E-state index in [-0.39, 0.29) is 0 Å². The fourth-order valence-corrected chi connectivity index (χ4v) is 2.71. The monoisotopic (exact) mass is 236 g/mol. The van der Waals surface area contributed by atoms with E-state index in [0.29, 0.717) is 5.92 Å². The quantitative estimate of drug-likeness (QED) is 0.855. The molecule has 2 fully saturated rings. The van der Waals surface area contributed by atoms with E-state index in [9.17, 15) is 0 Å². The number of aromatic nitrogens is 2.